The van der Waals surface area contributed by atoms with E-state index in [1.807, 2.05) is 31.2 Å². The average molecular weight is 385 g/mol. The Kier molecular flexibility index (Phi) is 5.73. The van der Waals surface area contributed by atoms with Crippen molar-refractivity contribution in [3.05, 3.63) is 59.4 Å². The lowest BCUT2D eigenvalue weighted by atomic mass is 10.1. The zero-order valence-electron chi connectivity index (χ0n) is 15.6. The van der Waals surface area contributed by atoms with Crippen LogP contribution in [0.3, 0.4) is 0 Å². The third-order valence-corrected chi connectivity index (χ3v) is 4.62. The molecule has 1 heterocycles. The summed E-state index contributed by atoms with van der Waals surface area (Å²) in [6.45, 7) is 1.63. The normalized spacial score (nSPS) is 16.2. The van der Waals surface area contributed by atoms with Crippen LogP contribution in [0.2, 0.25) is 0 Å². The number of ether oxygens (including phenoxy) is 2. The molecule has 0 N–H and O–H groups in total. The Labute approximate surface area is 161 Å². The SMILES string of the molecule is COc1ccc(C(=O)COC(=O)[C@H]2CC(=O)N(c3ccc(C)cc3)C2)cc1F. The molecule has 1 aliphatic rings. The molecule has 1 amide bonds. The zero-order valence-corrected chi connectivity index (χ0v) is 15.6. The second-order valence-electron chi connectivity index (χ2n) is 6.62. The summed E-state index contributed by atoms with van der Waals surface area (Å²) in [4.78, 5) is 38.2. The van der Waals surface area contributed by atoms with E-state index in [1.54, 1.807) is 0 Å². The molecule has 28 heavy (non-hydrogen) atoms. The third kappa shape index (κ3) is 4.19. The summed E-state index contributed by atoms with van der Waals surface area (Å²) in [5, 5.41) is 0. The van der Waals surface area contributed by atoms with Gasteiger partial charge in [0.15, 0.2) is 24.0 Å². The van der Waals surface area contributed by atoms with Gasteiger partial charge in [0.25, 0.3) is 0 Å². The minimum Gasteiger partial charge on any atom is -0.494 e. The standard InChI is InChI=1S/C21H20FNO5/c1-13-3-6-16(7-4-13)23-11-15(10-20(23)25)21(26)28-12-18(24)14-5-8-19(27-2)17(22)9-14/h3-9,15H,10-12H2,1-2H3/t15-/m0/s1. The van der Waals surface area contributed by atoms with E-state index in [9.17, 15) is 18.8 Å². The molecule has 7 heteroatoms. The molecule has 6 nitrogen and oxygen atoms in total. The third-order valence-electron chi connectivity index (χ3n) is 4.62. The number of carbonyl (C=O) groups is 3. The molecule has 146 valence electrons. The first-order valence-corrected chi connectivity index (χ1v) is 8.79. The number of rotatable bonds is 6. The number of ketones is 1. The van der Waals surface area contributed by atoms with Gasteiger partial charge < -0.3 is 14.4 Å². The summed E-state index contributed by atoms with van der Waals surface area (Å²) in [7, 11) is 1.32. The first-order valence-electron chi connectivity index (χ1n) is 8.79. The van der Waals surface area contributed by atoms with Gasteiger partial charge in [-0.3, -0.25) is 14.4 Å². The van der Waals surface area contributed by atoms with Gasteiger partial charge in [-0.2, -0.15) is 0 Å². The van der Waals surface area contributed by atoms with Gasteiger partial charge in [0.1, 0.15) is 0 Å². The number of amides is 1. The van der Waals surface area contributed by atoms with Gasteiger partial charge in [0, 0.05) is 24.2 Å². The predicted molar refractivity (Wildman–Crippen MR) is 99.9 cm³/mol. The van der Waals surface area contributed by atoms with E-state index in [4.69, 9.17) is 9.47 Å². The van der Waals surface area contributed by atoms with Gasteiger partial charge in [0.05, 0.1) is 13.0 Å². The molecule has 3 rings (SSSR count). The summed E-state index contributed by atoms with van der Waals surface area (Å²) < 4.78 is 23.6. The van der Waals surface area contributed by atoms with Crippen LogP contribution in [0.5, 0.6) is 5.75 Å². The summed E-state index contributed by atoms with van der Waals surface area (Å²) in [5.74, 6) is -2.62. The van der Waals surface area contributed by atoms with Crippen molar-refractivity contribution in [3.8, 4) is 5.75 Å². The van der Waals surface area contributed by atoms with Crippen molar-refractivity contribution in [1.29, 1.82) is 0 Å². The Bertz CT molecular complexity index is 910. The molecule has 1 aliphatic heterocycles. The summed E-state index contributed by atoms with van der Waals surface area (Å²) in [6, 6.07) is 11.2. The van der Waals surface area contributed by atoms with Crippen LogP contribution in [0, 0.1) is 18.7 Å². The van der Waals surface area contributed by atoms with E-state index in [1.165, 1.54) is 24.1 Å². The number of hydrogen-bond acceptors (Lipinski definition) is 5. The molecule has 0 aromatic heterocycles. The number of carbonyl (C=O) groups excluding carboxylic acids is 3. The van der Waals surface area contributed by atoms with Crippen molar-refractivity contribution >= 4 is 23.3 Å². The maximum atomic E-state index is 13.7. The molecule has 1 saturated heterocycles. The van der Waals surface area contributed by atoms with Crippen LogP contribution in [0.4, 0.5) is 10.1 Å². The van der Waals surface area contributed by atoms with Crippen molar-refractivity contribution in [2.24, 2.45) is 5.92 Å². The van der Waals surface area contributed by atoms with E-state index in [0.717, 1.165) is 17.3 Å². The summed E-state index contributed by atoms with van der Waals surface area (Å²) >= 11 is 0. The minimum absolute atomic E-state index is 0.0224. The summed E-state index contributed by atoms with van der Waals surface area (Å²) in [6.07, 6.45) is 0.0259. The molecule has 0 aliphatic carbocycles. The van der Waals surface area contributed by atoms with Gasteiger partial charge in [-0.15, -0.1) is 0 Å². The highest BCUT2D eigenvalue weighted by atomic mass is 19.1. The molecule has 0 radical (unpaired) electrons. The zero-order chi connectivity index (χ0) is 20.3. The highest BCUT2D eigenvalue weighted by Gasteiger charge is 2.36. The van der Waals surface area contributed by atoms with E-state index >= 15 is 0 Å². The van der Waals surface area contributed by atoms with Crippen LogP contribution >= 0.6 is 0 Å². The first kappa shape index (κ1) is 19.5. The van der Waals surface area contributed by atoms with Crippen molar-refractivity contribution in [3.63, 3.8) is 0 Å². The van der Waals surface area contributed by atoms with Gasteiger partial charge in [-0.05, 0) is 37.3 Å². The Morgan fingerprint density at radius 1 is 1.18 bits per heavy atom. The highest BCUT2D eigenvalue weighted by molar-refractivity contribution is 6.01. The minimum atomic E-state index is -0.671. The fourth-order valence-corrected chi connectivity index (χ4v) is 3.02. The summed E-state index contributed by atoms with van der Waals surface area (Å²) in [5.41, 5.74) is 1.87. The van der Waals surface area contributed by atoms with Crippen LogP contribution in [0.25, 0.3) is 0 Å². The number of Topliss-reactive ketones (excluding diaryl/α,β-unsaturated/α-hetero) is 1. The van der Waals surface area contributed by atoms with Gasteiger partial charge >= 0.3 is 5.97 Å². The lowest BCUT2D eigenvalue weighted by molar-refractivity contribution is -0.147. The Balaban J connectivity index is 1.58. The number of aryl methyl sites for hydroxylation is 1. The Hall–Kier alpha value is -3.22. The lowest BCUT2D eigenvalue weighted by Gasteiger charge is -2.16. The number of esters is 1. The van der Waals surface area contributed by atoms with E-state index in [2.05, 4.69) is 0 Å². The Morgan fingerprint density at radius 2 is 1.89 bits per heavy atom. The lowest BCUT2D eigenvalue weighted by Crippen LogP contribution is -2.27. The average Bonchev–Trinajstić information content (AvgIpc) is 3.08. The number of methoxy groups -OCH3 is 1. The van der Waals surface area contributed by atoms with E-state index in [-0.39, 0.29) is 30.2 Å². The van der Waals surface area contributed by atoms with Crippen LogP contribution in [0.15, 0.2) is 42.5 Å². The maximum Gasteiger partial charge on any atom is 0.311 e. The number of halogens is 1. The smallest absolute Gasteiger partial charge is 0.311 e. The molecule has 2 aromatic rings. The number of benzene rings is 2. The fraction of sp³-hybridized carbons (Fsp3) is 0.286. The second-order valence-corrected chi connectivity index (χ2v) is 6.62. The van der Waals surface area contributed by atoms with Crippen molar-refractivity contribution in [2.75, 3.05) is 25.2 Å². The van der Waals surface area contributed by atoms with Crippen molar-refractivity contribution in [2.45, 2.75) is 13.3 Å². The molecule has 0 spiro atoms. The van der Waals surface area contributed by atoms with E-state index in [0.29, 0.717) is 0 Å². The van der Waals surface area contributed by atoms with E-state index < -0.39 is 30.1 Å². The monoisotopic (exact) mass is 385 g/mol. The van der Waals surface area contributed by atoms with Crippen LogP contribution in [-0.4, -0.2) is 37.9 Å². The molecule has 2 aromatic carbocycles. The molecule has 1 fully saturated rings. The number of nitrogens with zero attached hydrogens (tertiary/aromatic N) is 1. The van der Waals surface area contributed by atoms with Crippen molar-refractivity contribution < 1.29 is 28.2 Å². The van der Waals surface area contributed by atoms with Crippen LogP contribution in [0.1, 0.15) is 22.3 Å². The second kappa shape index (κ2) is 8.21. The maximum absolute atomic E-state index is 13.7. The van der Waals surface area contributed by atoms with Gasteiger partial charge in [-0.1, -0.05) is 17.7 Å². The quantitative estimate of drug-likeness (QED) is 0.565. The molecule has 0 unspecified atom stereocenters. The molecular weight excluding hydrogens is 365 g/mol. The predicted octanol–water partition coefficient (Wildman–Crippen LogP) is 2.92. The number of hydrogen-bond donors (Lipinski definition) is 0. The molecule has 0 bridgehead atoms. The molecule has 1 atom stereocenters. The number of anilines is 1. The van der Waals surface area contributed by atoms with Crippen LogP contribution < -0.4 is 9.64 Å². The highest BCUT2D eigenvalue weighted by Crippen LogP contribution is 2.26. The largest absolute Gasteiger partial charge is 0.494 e. The fourth-order valence-electron chi connectivity index (χ4n) is 3.02. The Morgan fingerprint density at radius 3 is 2.54 bits per heavy atom. The van der Waals surface area contributed by atoms with Crippen LogP contribution in [-0.2, 0) is 14.3 Å². The molecule has 0 saturated carbocycles. The topological polar surface area (TPSA) is 72.9 Å². The first-order chi connectivity index (χ1) is 13.4. The molecular formula is C21H20FNO5. The van der Waals surface area contributed by atoms with Gasteiger partial charge in [-0.25, -0.2) is 4.39 Å². The van der Waals surface area contributed by atoms with Gasteiger partial charge in [0.2, 0.25) is 5.91 Å². The van der Waals surface area contributed by atoms with Crippen molar-refractivity contribution in [1.82, 2.24) is 0 Å².